The highest BCUT2D eigenvalue weighted by atomic mass is 16.2. The van der Waals surface area contributed by atoms with Crippen LogP contribution in [0.4, 0.5) is 4.79 Å². The summed E-state index contributed by atoms with van der Waals surface area (Å²) in [6, 6.07) is -0.961. The lowest BCUT2D eigenvalue weighted by Crippen LogP contribution is -2.41. The van der Waals surface area contributed by atoms with Crippen LogP contribution >= 0.6 is 0 Å². The van der Waals surface area contributed by atoms with Crippen LogP contribution in [0, 0.1) is 5.92 Å². The topological polar surface area (TPSA) is 78.5 Å². The summed E-state index contributed by atoms with van der Waals surface area (Å²) in [5, 5.41) is 5.31. The van der Waals surface area contributed by atoms with E-state index in [-0.39, 0.29) is 18.4 Å². The molecule has 1 atom stereocenters. The van der Waals surface area contributed by atoms with Crippen molar-refractivity contribution in [3.05, 3.63) is 0 Å². The van der Waals surface area contributed by atoms with E-state index in [1.807, 2.05) is 20.8 Å². The molecule has 1 aliphatic rings. The quantitative estimate of drug-likeness (QED) is 0.531. The van der Waals surface area contributed by atoms with Crippen LogP contribution < -0.4 is 10.6 Å². The van der Waals surface area contributed by atoms with E-state index in [4.69, 9.17) is 0 Å². The summed E-state index contributed by atoms with van der Waals surface area (Å²) in [6.07, 6.45) is 2.47. The van der Waals surface area contributed by atoms with E-state index in [0.717, 1.165) is 17.7 Å². The van der Waals surface area contributed by atoms with Crippen LogP contribution in [0.2, 0.25) is 0 Å². The number of urea groups is 1. The zero-order valence-corrected chi connectivity index (χ0v) is 11.9. The fraction of sp³-hybridized carbons (Fsp3) is 0.769. The molecular formula is C13H23N3O3. The summed E-state index contributed by atoms with van der Waals surface area (Å²) in [5.74, 6) is -0.279. The van der Waals surface area contributed by atoms with E-state index in [0.29, 0.717) is 18.9 Å². The Morgan fingerprint density at radius 2 is 2.11 bits per heavy atom. The smallest absolute Gasteiger partial charge is 0.325 e. The van der Waals surface area contributed by atoms with Crippen LogP contribution in [0.3, 0.4) is 0 Å². The predicted octanol–water partition coefficient (Wildman–Crippen LogP) is 0.869. The van der Waals surface area contributed by atoms with Gasteiger partial charge in [0.1, 0.15) is 12.6 Å². The summed E-state index contributed by atoms with van der Waals surface area (Å²) in [5.41, 5.74) is 0. The average Bonchev–Trinajstić information content (AvgIpc) is 2.56. The third kappa shape index (κ3) is 4.54. The third-order valence-corrected chi connectivity index (χ3v) is 2.97. The molecule has 6 heteroatoms. The van der Waals surface area contributed by atoms with Gasteiger partial charge in [-0.3, -0.25) is 14.5 Å². The van der Waals surface area contributed by atoms with E-state index in [9.17, 15) is 14.4 Å². The van der Waals surface area contributed by atoms with Crippen molar-refractivity contribution in [3.8, 4) is 0 Å². The second-order valence-corrected chi connectivity index (χ2v) is 5.26. The lowest BCUT2D eigenvalue weighted by molar-refractivity contribution is -0.132. The lowest BCUT2D eigenvalue weighted by atomic mass is 10.0. The molecule has 0 aromatic heterocycles. The number of hydrogen-bond donors (Lipinski definition) is 2. The molecule has 0 aliphatic carbocycles. The monoisotopic (exact) mass is 269 g/mol. The Kier molecular flexibility index (Phi) is 5.79. The molecule has 1 saturated heterocycles. The first kappa shape index (κ1) is 15.5. The van der Waals surface area contributed by atoms with Gasteiger partial charge in [0, 0.05) is 6.54 Å². The molecule has 0 aromatic rings. The van der Waals surface area contributed by atoms with Crippen molar-refractivity contribution in [1.29, 1.82) is 0 Å². The van der Waals surface area contributed by atoms with Gasteiger partial charge in [0.05, 0.1) is 0 Å². The molecular weight excluding hydrogens is 246 g/mol. The molecule has 0 bridgehead atoms. The first-order valence-corrected chi connectivity index (χ1v) is 6.84. The van der Waals surface area contributed by atoms with Gasteiger partial charge in [-0.05, 0) is 18.8 Å². The van der Waals surface area contributed by atoms with Crippen LogP contribution in [0.1, 0.15) is 40.0 Å². The number of carbonyl (C=O) groups is 3. The van der Waals surface area contributed by atoms with Gasteiger partial charge in [0.2, 0.25) is 5.91 Å². The molecule has 0 unspecified atom stereocenters. The zero-order chi connectivity index (χ0) is 14.4. The van der Waals surface area contributed by atoms with Gasteiger partial charge < -0.3 is 10.6 Å². The third-order valence-electron chi connectivity index (χ3n) is 2.97. The van der Waals surface area contributed by atoms with Crippen molar-refractivity contribution < 1.29 is 14.4 Å². The molecule has 6 nitrogen and oxygen atoms in total. The van der Waals surface area contributed by atoms with Gasteiger partial charge in [0.25, 0.3) is 5.91 Å². The molecule has 1 rings (SSSR count). The minimum Gasteiger partial charge on any atom is -0.355 e. The first-order valence-electron chi connectivity index (χ1n) is 6.84. The SMILES string of the molecule is CCCCNC(=O)CN1C(=O)N[C@H](CC(C)C)C1=O. The molecule has 0 radical (unpaired) electrons. The van der Waals surface area contributed by atoms with Gasteiger partial charge in [-0.15, -0.1) is 0 Å². The van der Waals surface area contributed by atoms with Crippen molar-refractivity contribution in [2.24, 2.45) is 5.92 Å². The standard InChI is InChI=1S/C13H23N3O3/c1-4-5-6-14-11(17)8-16-12(18)10(7-9(2)3)15-13(16)19/h9-10H,4-8H2,1-3H3,(H,14,17)(H,15,19)/t10-/m1/s1. The molecule has 1 aliphatic heterocycles. The molecule has 1 fully saturated rings. The number of unbranched alkanes of at least 4 members (excludes halogenated alkanes) is 1. The number of hydrogen-bond acceptors (Lipinski definition) is 3. The number of rotatable bonds is 7. The maximum absolute atomic E-state index is 12.0. The fourth-order valence-corrected chi connectivity index (χ4v) is 1.96. The fourth-order valence-electron chi connectivity index (χ4n) is 1.96. The van der Waals surface area contributed by atoms with Crippen molar-refractivity contribution in [2.45, 2.75) is 46.1 Å². The number of amides is 4. The second kappa shape index (κ2) is 7.11. The normalized spacial score (nSPS) is 18.9. The first-order chi connectivity index (χ1) is 8.95. The Balaban J connectivity index is 2.47. The second-order valence-electron chi connectivity index (χ2n) is 5.26. The molecule has 1 heterocycles. The number of imide groups is 1. The molecule has 0 aromatic carbocycles. The molecule has 0 spiro atoms. The molecule has 4 amide bonds. The van der Waals surface area contributed by atoms with Crippen LogP contribution in [0.5, 0.6) is 0 Å². The minimum atomic E-state index is -0.490. The average molecular weight is 269 g/mol. The van der Waals surface area contributed by atoms with E-state index in [2.05, 4.69) is 10.6 Å². The van der Waals surface area contributed by atoms with Crippen LogP contribution in [-0.2, 0) is 9.59 Å². The van der Waals surface area contributed by atoms with Gasteiger partial charge in [-0.25, -0.2) is 4.79 Å². The Hall–Kier alpha value is -1.59. The maximum Gasteiger partial charge on any atom is 0.325 e. The van der Waals surface area contributed by atoms with Crippen LogP contribution in [-0.4, -0.2) is 41.9 Å². The maximum atomic E-state index is 12.0. The largest absolute Gasteiger partial charge is 0.355 e. The molecule has 2 N–H and O–H groups in total. The van der Waals surface area contributed by atoms with E-state index in [1.165, 1.54) is 0 Å². The Morgan fingerprint density at radius 3 is 2.68 bits per heavy atom. The Morgan fingerprint density at radius 1 is 1.42 bits per heavy atom. The number of nitrogens with zero attached hydrogens (tertiary/aromatic N) is 1. The highest BCUT2D eigenvalue weighted by Crippen LogP contribution is 2.13. The minimum absolute atomic E-state index is 0.191. The lowest BCUT2D eigenvalue weighted by Gasteiger charge is -2.13. The summed E-state index contributed by atoms with van der Waals surface area (Å²) in [6.45, 7) is 6.39. The summed E-state index contributed by atoms with van der Waals surface area (Å²) in [4.78, 5) is 36.2. The van der Waals surface area contributed by atoms with E-state index >= 15 is 0 Å². The Bertz CT molecular complexity index is 355. The predicted molar refractivity (Wildman–Crippen MR) is 71.4 cm³/mol. The number of carbonyl (C=O) groups excluding carboxylic acids is 3. The molecule has 108 valence electrons. The Labute approximate surface area is 113 Å². The van der Waals surface area contributed by atoms with Crippen molar-refractivity contribution in [2.75, 3.05) is 13.1 Å². The number of nitrogens with one attached hydrogen (secondary N) is 2. The van der Waals surface area contributed by atoms with Gasteiger partial charge in [-0.2, -0.15) is 0 Å². The van der Waals surface area contributed by atoms with Gasteiger partial charge in [0.15, 0.2) is 0 Å². The highest BCUT2D eigenvalue weighted by molar-refractivity contribution is 6.06. The van der Waals surface area contributed by atoms with Crippen molar-refractivity contribution >= 4 is 17.8 Å². The van der Waals surface area contributed by atoms with Gasteiger partial charge >= 0.3 is 6.03 Å². The molecule has 0 saturated carbocycles. The molecule has 19 heavy (non-hydrogen) atoms. The zero-order valence-electron chi connectivity index (χ0n) is 11.9. The van der Waals surface area contributed by atoms with Crippen molar-refractivity contribution in [1.82, 2.24) is 15.5 Å². The van der Waals surface area contributed by atoms with Gasteiger partial charge in [-0.1, -0.05) is 27.2 Å². The summed E-state index contributed by atoms with van der Waals surface area (Å²) >= 11 is 0. The van der Waals surface area contributed by atoms with Crippen molar-refractivity contribution in [3.63, 3.8) is 0 Å². The van der Waals surface area contributed by atoms with E-state index < -0.39 is 12.1 Å². The van der Waals surface area contributed by atoms with Crippen LogP contribution in [0.25, 0.3) is 0 Å². The van der Waals surface area contributed by atoms with Crippen LogP contribution in [0.15, 0.2) is 0 Å². The van der Waals surface area contributed by atoms with E-state index in [1.54, 1.807) is 0 Å². The summed E-state index contributed by atoms with van der Waals surface area (Å²) < 4.78 is 0. The highest BCUT2D eigenvalue weighted by Gasteiger charge is 2.38. The summed E-state index contributed by atoms with van der Waals surface area (Å²) in [7, 11) is 0.